The lowest BCUT2D eigenvalue weighted by molar-refractivity contribution is -0.180. The van der Waals surface area contributed by atoms with Crippen LogP contribution in [0.4, 0.5) is 22.4 Å². The van der Waals surface area contributed by atoms with E-state index in [1.54, 1.807) is 24.3 Å². The van der Waals surface area contributed by atoms with Gasteiger partial charge in [0.15, 0.2) is 0 Å². The van der Waals surface area contributed by atoms with E-state index in [1.807, 2.05) is 0 Å². The summed E-state index contributed by atoms with van der Waals surface area (Å²) in [5.74, 6) is -1.34. The second kappa shape index (κ2) is 6.14. The molecular weight excluding hydrogens is 328 g/mol. The van der Waals surface area contributed by atoms with Gasteiger partial charge in [0.2, 0.25) is 6.86 Å². The van der Waals surface area contributed by atoms with Crippen molar-refractivity contribution >= 4 is 6.03 Å². The Hall–Kier alpha value is -1.99. The Morgan fingerprint density at radius 2 is 2.04 bits per heavy atom. The minimum absolute atomic E-state index is 0.0472. The number of urea groups is 1. The van der Waals surface area contributed by atoms with E-state index in [0.29, 0.717) is 24.2 Å². The summed E-state index contributed by atoms with van der Waals surface area (Å²) in [6.07, 6.45) is -3.48. The molecule has 0 spiro atoms. The van der Waals surface area contributed by atoms with Crippen LogP contribution in [0.1, 0.15) is 24.8 Å². The van der Waals surface area contributed by atoms with Crippen molar-refractivity contribution in [3.8, 4) is 5.75 Å². The molecule has 0 saturated heterocycles. The van der Waals surface area contributed by atoms with Gasteiger partial charge in [-0.05, 0) is 42.9 Å². The highest BCUT2D eigenvalue weighted by molar-refractivity contribution is 5.75. The van der Waals surface area contributed by atoms with E-state index in [4.69, 9.17) is 4.74 Å². The van der Waals surface area contributed by atoms with E-state index >= 15 is 0 Å². The van der Waals surface area contributed by atoms with Crippen LogP contribution in [0.25, 0.3) is 0 Å². The van der Waals surface area contributed by atoms with Crippen LogP contribution in [-0.2, 0) is 6.54 Å². The standard InChI is InChI=1S/C16H18F4N2O2/c17-9-24-12-3-1-2-10(4-12)8-21-14(23)22-15-5-11(6-15)13(7-15)16(18,19)20/h1-4,11,13H,5-9H2,(H2,21,22,23). The van der Waals surface area contributed by atoms with E-state index in [1.165, 1.54) is 0 Å². The van der Waals surface area contributed by atoms with Crippen molar-refractivity contribution in [3.63, 3.8) is 0 Å². The molecule has 2 amide bonds. The zero-order valence-electron chi connectivity index (χ0n) is 12.8. The fourth-order valence-electron chi connectivity index (χ4n) is 3.79. The van der Waals surface area contributed by atoms with Gasteiger partial charge in [0, 0.05) is 12.1 Å². The normalized spacial score (nSPS) is 28.2. The molecule has 4 rings (SSSR count). The van der Waals surface area contributed by atoms with Crippen molar-refractivity contribution in [1.82, 2.24) is 10.6 Å². The van der Waals surface area contributed by atoms with Crippen LogP contribution in [0.3, 0.4) is 0 Å². The molecule has 1 aromatic rings. The van der Waals surface area contributed by atoms with Crippen LogP contribution in [0, 0.1) is 11.8 Å². The highest BCUT2D eigenvalue weighted by atomic mass is 19.4. The maximum absolute atomic E-state index is 12.8. The lowest BCUT2D eigenvalue weighted by atomic mass is 9.76. The molecule has 24 heavy (non-hydrogen) atoms. The zero-order valence-corrected chi connectivity index (χ0v) is 12.8. The van der Waals surface area contributed by atoms with Gasteiger partial charge in [-0.15, -0.1) is 0 Å². The third-order valence-electron chi connectivity index (χ3n) is 4.86. The Morgan fingerprint density at radius 1 is 1.29 bits per heavy atom. The molecule has 1 aromatic carbocycles. The largest absolute Gasteiger partial charge is 0.463 e. The van der Waals surface area contributed by atoms with Crippen LogP contribution in [-0.4, -0.2) is 24.6 Å². The summed E-state index contributed by atoms with van der Waals surface area (Å²) in [5.41, 5.74) is -0.0200. The van der Waals surface area contributed by atoms with Gasteiger partial charge in [0.1, 0.15) is 5.75 Å². The smallest absolute Gasteiger partial charge is 0.392 e. The minimum Gasteiger partial charge on any atom is -0.463 e. The first-order valence-corrected chi connectivity index (χ1v) is 7.72. The molecule has 8 heteroatoms. The van der Waals surface area contributed by atoms with Gasteiger partial charge in [0.25, 0.3) is 0 Å². The summed E-state index contributed by atoms with van der Waals surface area (Å²) in [7, 11) is 0. The minimum atomic E-state index is -4.20. The third kappa shape index (κ3) is 3.42. The number of fused-ring (bicyclic) bond motifs is 1. The number of carbonyl (C=O) groups is 1. The second-order valence-electron chi connectivity index (χ2n) is 6.51. The molecule has 3 aliphatic carbocycles. The predicted octanol–water partition coefficient (Wildman–Crippen LogP) is 3.52. The van der Waals surface area contributed by atoms with Crippen molar-refractivity contribution in [2.24, 2.45) is 11.8 Å². The maximum Gasteiger partial charge on any atom is 0.392 e. The summed E-state index contributed by atoms with van der Waals surface area (Å²) in [5, 5.41) is 5.31. The van der Waals surface area contributed by atoms with Gasteiger partial charge in [0.05, 0.1) is 5.92 Å². The van der Waals surface area contributed by atoms with E-state index in [2.05, 4.69) is 10.6 Å². The topological polar surface area (TPSA) is 50.4 Å². The number of amides is 2. The van der Waals surface area contributed by atoms with Crippen molar-refractivity contribution in [3.05, 3.63) is 29.8 Å². The van der Waals surface area contributed by atoms with Gasteiger partial charge in [-0.25, -0.2) is 9.18 Å². The van der Waals surface area contributed by atoms with E-state index in [-0.39, 0.29) is 18.9 Å². The number of alkyl halides is 4. The molecule has 132 valence electrons. The van der Waals surface area contributed by atoms with E-state index in [0.717, 1.165) is 0 Å². The van der Waals surface area contributed by atoms with E-state index in [9.17, 15) is 22.4 Å². The summed E-state index contributed by atoms with van der Waals surface area (Å²) in [4.78, 5) is 12.0. The lowest BCUT2D eigenvalue weighted by Crippen LogP contribution is -2.54. The van der Waals surface area contributed by atoms with Crippen LogP contribution in [0.2, 0.25) is 0 Å². The van der Waals surface area contributed by atoms with Gasteiger partial charge < -0.3 is 15.4 Å². The molecule has 1 unspecified atom stereocenters. The lowest BCUT2D eigenvalue weighted by Gasteiger charge is -2.39. The molecule has 0 aromatic heterocycles. The Labute approximate surface area is 136 Å². The number of carbonyl (C=O) groups excluding carboxylic acids is 1. The Morgan fingerprint density at radius 3 is 2.67 bits per heavy atom. The Bertz CT molecular complexity index is 614. The number of nitrogens with one attached hydrogen (secondary N) is 2. The van der Waals surface area contributed by atoms with Crippen molar-refractivity contribution in [2.45, 2.75) is 37.5 Å². The average molecular weight is 346 g/mol. The SMILES string of the molecule is O=C(NCc1cccc(OCF)c1)NC12CC(C1)C(C(F)(F)F)C2. The molecule has 4 nitrogen and oxygen atoms in total. The Balaban J connectivity index is 1.50. The summed E-state index contributed by atoms with van der Waals surface area (Å²) < 4.78 is 55.4. The van der Waals surface area contributed by atoms with Gasteiger partial charge in [-0.3, -0.25) is 0 Å². The van der Waals surface area contributed by atoms with Gasteiger partial charge in [-0.2, -0.15) is 13.2 Å². The van der Waals surface area contributed by atoms with E-state index < -0.39 is 30.5 Å². The molecular formula is C16H18F4N2O2. The number of hydrogen-bond donors (Lipinski definition) is 2. The van der Waals surface area contributed by atoms with Crippen molar-refractivity contribution < 1.29 is 27.1 Å². The fourth-order valence-corrected chi connectivity index (χ4v) is 3.79. The maximum atomic E-state index is 12.8. The van der Waals surface area contributed by atoms with Crippen LogP contribution in [0.5, 0.6) is 5.75 Å². The monoisotopic (exact) mass is 346 g/mol. The number of hydrogen-bond acceptors (Lipinski definition) is 2. The zero-order chi connectivity index (χ0) is 17.4. The summed E-state index contributed by atoms with van der Waals surface area (Å²) >= 11 is 0. The van der Waals surface area contributed by atoms with Gasteiger partial charge in [-0.1, -0.05) is 12.1 Å². The highest BCUT2D eigenvalue weighted by Gasteiger charge is 2.64. The molecule has 0 heterocycles. The second-order valence-corrected chi connectivity index (χ2v) is 6.51. The highest BCUT2D eigenvalue weighted by Crippen LogP contribution is 2.60. The summed E-state index contributed by atoms with van der Waals surface area (Å²) in [6.45, 7) is -0.765. The first kappa shape index (κ1) is 16.9. The predicted molar refractivity (Wildman–Crippen MR) is 78.0 cm³/mol. The average Bonchev–Trinajstić information content (AvgIpc) is 3.01. The first-order chi connectivity index (χ1) is 11.3. The van der Waals surface area contributed by atoms with Crippen LogP contribution < -0.4 is 15.4 Å². The molecule has 1 atom stereocenters. The fraction of sp³-hybridized carbons (Fsp3) is 0.562. The van der Waals surface area contributed by atoms with Gasteiger partial charge >= 0.3 is 12.2 Å². The number of halogens is 4. The number of ether oxygens (including phenoxy) is 1. The molecule has 2 N–H and O–H groups in total. The molecule has 3 saturated carbocycles. The molecule has 3 aliphatic rings. The van der Waals surface area contributed by atoms with Crippen molar-refractivity contribution in [2.75, 3.05) is 6.86 Å². The molecule has 0 aliphatic heterocycles. The Kier molecular flexibility index (Phi) is 4.31. The summed E-state index contributed by atoms with van der Waals surface area (Å²) in [6, 6.07) is 6.09. The van der Waals surface area contributed by atoms with Crippen LogP contribution in [0.15, 0.2) is 24.3 Å². The third-order valence-corrected chi connectivity index (χ3v) is 4.86. The molecule has 3 fully saturated rings. The van der Waals surface area contributed by atoms with Crippen LogP contribution >= 0.6 is 0 Å². The molecule has 0 radical (unpaired) electrons. The van der Waals surface area contributed by atoms with Crippen molar-refractivity contribution in [1.29, 1.82) is 0 Å². The molecule has 2 bridgehead atoms. The number of benzene rings is 1. The first-order valence-electron chi connectivity index (χ1n) is 7.72. The number of rotatable bonds is 5. The quantitative estimate of drug-likeness (QED) is 0.802.